The van der Waals surface area contributed by atoms with Gasteiger partial charge in [0.1, 0.15) is 22.7 Å². The second-order valence-corrected chi connectivity index (χ2v) is 7.15. The van der Waals surface area contributed by atoms with E-state index in [-0.39, 0.29) is 17.3 Å². The predicted molar refractivity (Wildman–Crippen MR) is 113 cm³/mol. The minimum atomic E-state index is -0.287. The van der Waals surface area contributed by atoms with Crippen LogP contribution < -0.4 is 11.1 Å². The zero-order chi connectivity index (χ0) is 20.4. The van der Waals surface area contributed by atoms with Crippen molar-refractivity contribution in [1.82, 2.24) is 20.0 Å². The Labute approximate surface area is 167 Å². The molecule has 0 aliphatic carbocycles. The highest BCUT2D eigenvalue weighted by molar-refractivity contribution is 6.10. The Morgan fingerprint density at radius 2 is 2.00 bits per heavy atom. The number of hydrogen-bond acceptors (Lipinski definition) is 6. The van der Waals surface area contributed by atoms with E-state index in [1.165, 1.54) is 10.9 Å². The van der Waals surface area contributed by atoms with Gasteiger partial charge in [-0.25, -0.2) is 9.97 Å². The SMILES string of the molecule is CC(C)CCNC(=O)c1c(N)n(/N=C\c2ccco2)c2nc3ccccc3nc12. The first kappa shape index (κ1) is 18.7. The quantitative estimate of drug-likeness (QED) is 0.490. The number of furan rings is 1. The van der Waals surface area contributed by atoms with Crippen LogP contribution in [0.5, 0.6) is 0 Å². The van der Waals surface area contributed by atoms with Crippen LogP contribution in [0, 0.1) is 5.92 Å². The Kier molecular flexibility index (Phi) is 4.99. The summed E-state index contributed by atoms with van der Waals surface area (Å²) >= 11 is 0. The van der Waals surface area contributed by atoms with Gasteiger partial charge >= 0.3 is 0 Å². The van der Waals surface area contributed by atoms with Gasteiger partial charge in [0.05, 0.1) is 23.5 Å². The number of fused-ring (bicyclic) bond motifs is 2. The van der Waals surface area contributed by atoms with Crippen molar-refractivity contribution in [2.75, 3.05) is 12.3 Å². The lowest BCUT2D eigenvalue weighted by Gasteiger charge is -2.07. The Bertz CT molecular complexity index is 1190. The number of benzene rings is 1. The summed E-state index contributed by atoms with van der Waals surface area (Å²) in [6.07, 6.45) is 3.95. The molecule has 0 fully saturated rings. The summed E-state index contributed by atoms with van der Waals surface area (Å²) in [7, 11) is 0. The monoisotopic (exact) mass is 390 g/mol. The molecule has 0 saturated heterocycles. The highest BCUT2D eigenvalue weighted by atomic mass is 16.3. The summed E-state index contributed by atoms with van der Waals surface area (Å²) in [4.78, 5) is 22.2. The van der Waals surface area contributed by atoms with Crippen LogP contribution in [0.1, 0.15) is 36.4 Å². The third-order valence-corrected chi connectivity index (χ3v) is 4.55. The fraction of sp³-hybridized carbons (Fsp3) is 0.238. The molecule has 0 bridgehead atoms. The smallest absolute Gasteiger partial charge is 0.257 e. The van der Waals surface area contributed by atoms with Gasteiger partial charge in [-0.05, 0) is 36.6 Å². The van der Waals surface area contributed by atoms with E-state index >= 15 is 0 Å². The number of aromatic nitrogens is 3. The number of anilines is 1. The Balaban J connectivity index is 1.84. The number of para-hydroxylation sites is 2. The molecule has 0 spiro atoms. The number of nitrogens with two attached hydrogens (primary N) is 1. The van der Waals surface area contributed by atoms with E-state index in [1.54, 1.807) is 18.4 Å². The van der Waals surface area contributed by atoms with Crippen LogP contribution in [0.15, 0.2) is 52.2 Å². The van der Waals surface area contributed by atoms with Crippen LogP contribution >= 0.6 is 0 Å². The van der Waals surface area contributed by atoms with E-state index in [4.69, 9.17) is 10.2 Å². The van der Waals surface area contributed by atoms with E-state index in [9.17, 15) is 4.79 Å². The highest BCUT2D eigenvalue weighted by Gasteiger charge is 2.24. The Morgan fingerprint density at radius 3 is 2.69 bits per heavy atom. The van der Waals surface area contributed by atoms with Crippen molar-refractivity contribution in [2.24, 2.45) is 11.0 Å². The van der Waals surface area contributed by atoms with Crippen molar-refractivity contribution in [3.63, 3.8) is 0 Å². The number of nitrogens with one attached hydrogen (secondary N) is 1. The van der Waals surface area contributed by atoms with Crippen LogP contribution in [-0.4, -0.2) is 33.3 Å². The molecule has 1 aromatic carbocycles. The Hall–Kier alpha value is -3.68. The van der Waals surface area contributed by atoms with E-state index in [0.29, 0.717) is 40.4 Å². The second kappa shape index (κ2) is 7.75. The van der Waals surface area contributed by atoms with Crippen molar-refractivity contribution in [1.29, 1.82) is 0 Å². The molecule has 29 heavy (non-hydrogen) atoms. The van der Waals surface area contributed by atoms with Gasteiger partial charge in [-0.1, -0.05) is 26.0 Å². The minimum Gasteiger partial charge on any atom is -0.463 e. The molecular formula is C21H22N6O2. The third kappa shape index (κ3) is 3.69. The molecule has 148 valence electrons. The maximum absolute atomic E-state index is 12.9. The van der Waals surface area contributed by atoms with Gasteiger partial charge in [0.15, 0.2) is 5.65 Å². The second-order valence-electron chi connectivity index (χ2n) is 7.15. The number of nitrogens with zero attached hydrogens (tertiary/aromatic N) is 4. The number of amides is 1. The predicted octanol–water partition coefficient (Wildman–Crippen LogP) is 3.42. The first-order valence-electron chi connectivity index (χ1n) is 9.47. The number of rotatable bonds is 6. The third-order valence-electron chi connectivity index (χ3n) is 4.55. The number of hydrogen-bond donors (Lipinski definition) is 2. The molecule has 8 nitrogen and oxygen atoms in total. The summed E-state index contributed by atoms with van der Waals surface area (Å²) in [6.45, 7) is 4.76. The minimum absolute atomic E-state index is 0.181. The zero-order valence-electron chi connectivity index (χ0n) is 16.3. The summed E-state index contributed by atoms with van der Waals surface area (Å²) in [5, 5.41) is 7.31. The summed E-state index contributed by atoms with van der Waals surface area (Å²) < 4.78 is 6.71. The maximum atomic E-state index is 12.9. The van der Waals surface area contributed by atoms with Gasteiger partial charge < -0.3 is 15.5 Å². The lowest BCUT2D eigenvalue weighted by molar-refractivity contribution is 0.0954. The normalized spacial score (nSPS) is 11.8. The lowest BCUT2D eigenvalue weighted by Crippen LogP contribution is -2.26. The summed E-state index contributed by atoms with van der Waals surface area (Å²) in [5.41, 5.74) is 8.81. The molecule has 3 heterocycles. The average molecular weight is 390 g/mol. The first-order valence-corrected chi connectivity index (χ1v) is 9.47. The zero-order valence-corrected chi connectivity index (χ0v) is 16.3. The topological polar surface area (TPSA) is 111 Å². The molecule has 0 atom stereocenters. The van der Waals surface area contributed by atoms with Gasteiger partial charge in [-0.15, -0.1) is 0 Å². The fourth-order valence-corrected chi connectivity index (χ4v) is 3.03. The van der Waals surface area contributed by atoms with Crippen LogP contribution in [0.25, 0.3) is 22.2 Å². The van der Waals surface area contributed by atoms with Crippen LogP contribution in [-0.2, 0) is 0 Å². The van der Waals surface area contributed by atoms with Crippen LogP contribution in [0.4, 0.5) is 5.82 Å². The number of carbonyl (C=O) groups excluding carboxylic acids is 1. The summed E-state index contributed by atoms with van der Waals surface area (Å²) in [6, 6.07) is 11.0. The fourth-order valence-electron chi connectivity index (χ4n) is 3.03. The molecule has 3 N–H and O–H groups in total. The highest BCUT2D eigenvalue weighted by Crippen LogP contribution is 2.27. The molecule has 4 rings (SSSR count). The van der Waals surface area contributed by atoms with Crippen molar-refractivity contribution < 1.29 is 9.21 Å². The molecule has 0 saturated carbocycles. The molecular weight excluding hydrogens is 368 g/mol. The molecule has 0 unspecified atom stereocenters. The van der Waals surface area contributed by atoms with Crippen LogP contribution in [0.3, 0.4) is 0 Å². The van der Waals surface area contributed by atoms with Gasteiger partial charge in [0.2, 0.25) is 0 Å². The van der Waals surface area contributed by atoms with Crippen molar-refractivity contribution in [3.05, 3.63) is 54.0 Å². The van der Waals surface area contributed by atoms with Crippen molar-refractivity contribution >= 4 is 40.1 Å². The molecule has 0 aliphatic rings. The van der Waals surface area contributed by atoms with Gasteiger partial charge in [-0.2, -0.15) is 9.78 Å². The van der Waals surface area contributed by atoms with Gasteiger partial charge in [0.25, 0.3) is 5.91 Å². The molecule has 1 amide bonds. The van der Waals surface area contributed by atoms with Crippen molar-refractivity contribution in [2.45, 2.75) is 20.3 Å². The molecule has 8 heteroatoms. The van der Waals surface area contributed by atoms with E-state index in [0.717, 1.165) is 6.42 Å². The number of carbonyl (C=O) groups is 1. The molecule has 3 aromatic heterocycles. The lowest BCUT2D eigenvalue weighted by atomic mass is 10.1. The molecule has 0 radical (unpaired) electrons. The number of nitrogen functional groups attached to an aromatic ring is 1. The first-order chi connectivity index (χ1) is 14.0. The van der Waals surface area contributed by atoms with Crippen molar-refractivity contribution in [3.8, 4) is 0 Å². The maximum Gasteiger partial charge on any atom is 0.257 e. The summed E-state index contributed by atoms with van der Waals surface area (Å²) in [5.74, 6) is 0.934. The average Bonchev–Trinajstić information content (AvgIpc) is 3.30. The van der Waals surface area contributed by atoms with Gasteiger partial charge in [0, 0.05) is 6.54 Å². The molecule has 4 aromatic rings. The molecule has 0 aliphatic heterocycles. The van der Waals surface area contributed by atoms with E-state index in [2.05, 4.69) is 34.2 Å². The standard InChI is InChI=1S/C21H22N6O2/c1-13(2)9-10-23-21(28)17-18-20(26-16-8-4-3-7-15(16)25-18)27(19(17)22)24-12-14-6-5-11-29-14/h3-8,11-13H,9-10,22H2,1-2H3,(H,23,28)/b24-12-. The van der Waals surface area contributed by atoms with Crippen LogP contribution in [0.2, 0.25) is 0 Å². The van der Waals surface area contributed by atoms with E-state index in [1.807, 2.05) is 24.3 Å². The van der Waals surface area contributed by atoms with E-state index < -0.39 is 0 Å². The van der Waals surface area contributed by atoms with Gasteiger partial charge in [-0.3, -0.25) is 4.79 Å². The Morgan fingerprint density at radius 1 is 1.24 bits per heavy atom. The largest absolute Gasteiger partial charge is 0.463 e.